The van der Waals surface area contributed by atoms with Gasteiger partial charge in [0.2, 0.25) is 0 Å². The van der Waals surface area contributed by atoms with Gasteiger partial charge in [-0.05, 0) is 31.2 Å². The van der Waals surface area contributed by atoms with E-state index in [1.54, 1.807) is 25.1 Å². The van der Waals surface area contributed by atoms with Crippen molar-refractivity contribution in [3.63, 3.8) is 0 Å². The summed E-state index contributed by atoms with van der Waals surface area (Å²) in [7, 11) is 0. The van der Waals surface area contributed by atoms with Crippen molar-refractivity contribution in [3.8, 4) is 5.75 Å². The molecule has 0 radical (unpaired) electrons. The first-order chi connectivity index (χ1) is 10.9. The van der Waals surface area contributed by atoms with Gasteiger partial charge in [0.1, 0.15) is 10.1 Å². The van der Waals surface area contributed by atoms with Gasteiger partial charge in [0, 0.05) is 4.47 Å². The maximum Gasteiger partial charge on any atom is 0.279 e. The zero-order chi connectivity index (χ0) is 17.0. The highest BCUT2D eigenvalue weighted by Gasteiger charge is 2.18. The maximum absolute atomic E-state index is 11.9. The molecule has 1 aromatic carbocycles. The van der Waals surface area contributed by atoms with Gasteiger partial charge in [-0.3, -0.25) is 20.4 Å². The number of carbonyl (C=O) groups excluding carboxylic acids is 2. The summed E-state index contributed by atoms with van der Waals surface area (Å²) in [6, 6.07) is 8.51. The Kier molecular flexibility index (Phi) is 6.29. The second-order valence-corrected chi connectivity index (χ2v) is 7.60. The Morgan fingerprint density at radius 1 is 1.26 bits per heavy atom. The molecule has 1 unspecified atom stereocenters. The fraction of sp³-hybridized carbons (Fsp3) is 0.143. The van der Waals surface area contributed by atoms with Crippen LogP contribution >= 0.6 is 50.5 Å². The number of nitrogens with one attached hydrogen (secondary N) is 2. The summed E-state index contributed by atoms with van der Waals surface area (Å²) >= 11 is 16.0. The number of thiophene rings is 1. The second-order valence-electron chi connectivity index (χ2n) is 4.40. The number of ether oxygens (including phenoxy) is 1. The Hall–Kier alpha value is -1.28. The fourth-order valence-electron chi connectivity index (χ4n) is 1.58. The third-order valence-electron chi connectivity index (χ3n) is 2.68. The quantitative estimate of drug-likeness (QED) is 0.709. The lowest BCUT2D eigenvalue weighted by Crippen LogP contribution is -2.47. The molecular weight excluding hydrogens is 427 g/mol. The van der Waals surface area contributed by atoms with E-state index < -0.39 is 17.9 Å². The van der Waals surface area contributed by atoms with E-state index in [-0.39, 0.29) is 9.90 Å². The molecule has 23 heavy (non-hydrogen) atoms. The smallest absolute Gasteiger partial charge is 0.279 e. The van der Waals surface area contributed by atoms with Gasteiger partial charge < -0.3 is 4.74 Å². The average Bonchev–Trinajstić information content (AvgIpc) is 2.83. The van der Waals surface area contributed by atoms with Crippen molar-refractivity contribution in [2.75, 3.05) is 0 Å². The number of hydrazine groups is 1. The van der Waals surface area contributed by atoms with Gasteiger partial charge in [-0.1, -0.05) is 45.2 Å². The van der Waals surface area contributed by atoms with Gasteiger partial charge in [-0.2, -0.15) is 0 Å². The van der Waals surface area contributed by atoms with Crippen molar-refractivity contribution in [3.05, 3.63) is 49.0 Å². The van der Waals surface area contributed by atoms with Crippen LogP contribution in [0.2, 0.25) is 8.67 Å². The topological polar surface area (TPSA) is 67.4 Å². The SMILES string of the molecule is CC(Oc1cccc(Br)c1)C(=O)NNC(=O)c1cc(Cl)sc1Cl. The normalized spacial score (nSPS) is 11.7. The van der Waals surface area contributed by atoms with Crippen LogP contribution in [0, 0.1) is 0 Å². The Balaban J connectivity index is 1.89. The van der Waals surface area contributed by atoms with E-state index in [0.29, 0.717) is 10.1 Å². The number of amides is 2. The van der Waals surface area contributed by atoms with Crippen molar-refractivity contribution in [2.45, 2.75) is 13.0 Å². The first kappa shape index (κ1) is 18.1. The molecule has 1 heterocycles. The first-order valence-corrected chi connectivity index (χ1v) is 8.70. The van der Waals surface area contributed by atoms with Gasteiger partial charge in [0.15, 0.2) is 6.10 Å². The predicted octanol–water partition coefficient (Wildman–Crippen LogP) is 4.05. The number of carbonyl (C=O) groups is 2. The van der Waals surface area contributed by atoms with Crippen LogP contribution in [0.4, 0.5) is 0 Å². The third-order valence-corrected chi connectivity index (χ3v) is 4.66. The molecule has 0 saturated carbocycles. The molecule has 2 amide bonds. The molecule has 0 aliphatic rings. The van der Waals surface area contributed by atoms with Crippen LogP contribution in [0.1, 0.15) is 17.3 Å². The summed E-state index contributed by atoms with van der Waals surface area (Å²) in [6.45, 7) is 1.57. The van der Waals surface area contributed by atoms with Gasteiger partial charge in [-0.15, -0.1) is 11.3 Å². The van der Waals surface area contributed by atoms with Crippen LogP contribution in [0.25, 0.3) is 0 Å². The van der Waals surface area contributed by atoms with E-state index in [0.717, 1.165) is 15.8 Å². The lowest BCUT2D eigenvalue weighted by atomic mass is 10.3. The largest absolute Gasteiger partial charge is 0.481 e. The number of halogens is 3. The summed E-state index contributed by atoms with van der Waals surface area (Å²) in [5, 5.41) is 0. The van der Waals surface area contributed by atoms with Crippen molar-refractivity contribution >= 4 is 62.3 Å². The number of benzene rings is 1. The highest BCUT2D eigenvalue weighted by Crippen LogP contribution is 2.30. The Morgan fingerprint density at radius 2 is 2.00 bits per heavy atom. The molecule has 0 spiro atoms. The molecule has 1 aromatic heterocycles. The van der Waals surface area contributed by atoms with E-state index in [9.17, 15) is 9.59 Å². The standard InChI is InChI=1S/C14H11BrCl2N2O3S/c1-7(22-9-4-2-3-8(15)5-9)13(20)18-19-14(21)10-6-11(16)23-12(10)17/h2-7H,1H3,(H,18,20)(H,19,21). The molecule has 0 saturated heterocycles. The summed E-state index contributed by atoms with van der Waals surface area (Å²) in [4.78, 5) is 23.8. The molecular formula is C14H11BrCl2N2O3S. The average molecular weight is 438 g/mol. The second kappa shape index (κ2) is 8.01. The zero-order valence-electron chi connectivity index (χ0n) is 11.7. The molecule has 0 aliphatic carbocycles. The van der Waals surface area contributed by atoms with E-state index in [1.807, 2.05) is 6.07 Å². The number of hydrogen-bond donors (Lipinski definition) is 2. The lowest BCUT2D eigenvalue weighted by Gasteiger charge is -2.15. The Labute approximate surface area is 155 Å². The molecule has 0 aliphatic heterocycles. The minimum Gasteiger partial charge on any atom is -0.481 e. The van der Waals surface area contributed by atoms with Crippen LogP contribution in [-0.2, 0) is 4.79 Å². The zero-order valence-corrected chi connectivity index (χ0v) is 15.6. The maximum atomic E-state index is 11.9. The van der Waals surface area contributed by atoms with Gasteiger partial charge in [0.05, 0.1) is 9.90 Å². The molecule has 2 rings (SSSR count). The fourth-order valence-corrected chi connectivity index (χ4v) is 3.42. The van der Waals surface area contributed by atoms with Crippen molar-refractivity contribution < 1.29 is 14.3 Å². The predicted molar refractivity (Wildman–Crippen MR) is 94.2 cm³/mol. The molecule has 2 N–H and O–H groups in total. The molecule has 0 fully saturated rings. The Morgan fingerprint density at radius 3 is 2.61 bits per heavy atom. The number of hydrogen-bond acceptors (Lipinski definition) is 4. The van der Waals surface area contributed by atoms with Crippen LogP contribution in [0.15, 0.2) is 34.8 Å². The molecule has 5 nitrogen and oxygen atoms in total. The Bertz CT molecular complexity index is 739. The van der Waals surface area contributed by atoms with E-state index in [2.05, 4.69) is 26.8 Å². The van der Waals surface area contributed by atoms with Crippen LogP contribution in [-0.4, -0.2) is 17.9 Å². The van der Waals surface area contributed by atoms with Crippen molar-refractivity contribution in [1.29, 1.82) is 0 Å². The van der Waals surface area contributed by atoms with Gasteiger partial charge in [0.25, 0.3) is 11.8 Å². The molecule has 2 aromatic rings. The van der Waals surface area contributed by atoms with E-state index >= 15 is 0 Å². The van der Waals surface area contributed by atoms with Crippen molar-refractivity contribution in [1.82, 2.24) is 10.9 Å². The highest BCUT2D eigenvalue weighted by molar-refractivity contribution is 9.10. The monoisotopic (exact) mass is 436 g/mol. The minimum absolute atomic E-state index is 0.197. The summed E-state index contributed by atoms with van der Waals surface area (Å²) in [5.74, 6) is -0.530. The molecule has 122 valence electrons. The minimum atomic E-state index is -0.800. The van der Waals surface area contributed by atoms with Crippen LogP contribution < -0.4 is 15.6 Å². The van der Waals surface area contributed by atoms with Crippen LogP contribution in [0.5, 0.6) is 5.75 Å². The summed E-state index contributed by atoms with van der Waals surface area (Å²) < 4.78 is 6.95. The third kappa shape index (κ3) is 5.10. The first-order valence-electron chi connectivity index (χ1n) is 6.34. The molecule has 9 heteroatoms. The lowest BCUT2D eigenvalue weighted by molar-refractivity contribution is -0.128. The van der Waals surface area contributed by atoms with Gasteiger partial charge >= 0.3 is 0 Å². The molecule has 1 atom stereocenters. The summed E-state index contributed by atoms with van der Waals surface area (Å²) in [6.07, 6.45) is -0.800. The summed E-state index contributed by atoms with van der Waals surface area (Å²) in [5.41, 5.74) is 4.74. The van der Waals surface area contributed by atoms with Gasteiger partial charge in [-0.25, -0.2) is 0 Å². The van der Waals surface area contributed by atoms with E-state index in [4.69, 9.17) is 27.9 Å². The van der Waals surface area contributed by atoms with Crippen molar-refractivity contribution in [2.24, 2.45) is 0 Å². The number of rotatable bonds is 4. The van der Waals surface area contributed by atoms with E-state index in [1.165, 1.54) is 6.07 Å². The highest BCUT2D eigenvalue weighted by atomic mass is 79.9. The van der Waals surface area contributed by atoms with Crippen LogP contribution in [0.3, 0.4) is 0 Å². The molecule has 0 bridgehead atoms.